The van der Waals surface area contributed by atoms with Gasteiger partial charge in [0.2, 0.25) is 0 Å². The maximum atomic E-state index is 6.96. The van der Waals surface area contributed by atoms with E-state index in [4.69, 9.17) is 11.1 Å². The fourth-order valence-electron chi connectivity index (χ4n) is 0.635. The van der Waals surface area contributed by atoms with Crippen LogP contribution in [0.2, 0.25) is 0 Å². The molecule has 0 atom stereocenters. The van der Waals surface area contributed by atoms with Gasteiger partial charge in [-0.2, -0.15) is 0 Å². The summed E-state index contributed by atoms with van der Waals surface area (Å²) in [5, 5.41) is 7.09. The van der Waals surface area contributed by atoms with Crippen molar-refractivity contribution in [3.63, 3.8) is 0 Å². The molecule has 1 aromatic rings. The van der Waals surface area contributed by atoms with Crippen LogP contribution in [0, 0.1) is 5.41 Å². The quantitative estimate of drug-likeness (QED) is 0.567. The Balaban J connectivity index is 0.00000121. The molecule has 5 heteroatoms. The number of halogens is 1. The summed E-state index contributed by atoms with van der Waals surface area (Å²) >= 11 is 1.28. The topological polar surface area (TPSA) is 62.8 Å². The Kier molecular flexibility index (Phi) is 5.49. The van der Waals surface area contributed by atoms with Crippen molar-refractivity contribution in [1.82, 2.24) is 4.98 Å². The van der Waals surface area contributed by atoms with Crippen molar-refractivity contribution in [2.75, 3.05) is 0 Å². The lowest BCUT2D eigenvalue weighted by molar-refractivity contribution is 1.18. The van der Waals surface area contributed by atoms with Gasteiger partial charge in [0.25, 0.3) is 0 Å². The Morgan fingerprint density at radius 3 is 2.83 bits per heavy atom. The molecule has 12 heavy (non-hydrogen) atoms. The molecule has 3 N–H and O–H groups in total. The molecule has 1 rings (SSSR count). The Labute approximate surface area is 81.7 Å². The molecule has 0 aliphatic heterocycles. The maximum Gasteiger partial charge on any atom is 0.151 e. The Morgan fingerprint density at radius 1 is 1.58 bits per heavy atom. The van der Waals surface area contributed by atoms with Gasteiger partial charge < -0.3 is 5.73 Å². The van der Waals surface area contributed by atoms with Gasteiger partial charge in [0, 0.05) is 11.9 Å². The number of hydrogen-bond acceptors (Lipinski definition) is 3. The van der Waals surface area contributed by atoms with E-state index in [2.05, 4.69) is 4.98 Å². The first-order valence-corrected chi connectivity index (χ1v) is 4.14. The monoisotopic (exact) mass is 203 g/mol. The molecule has 0 fully saturated rings. The van der Waals surface area contributed by atoms with E-state index in [1.807, 2.05) is 18.2 Å². The second-order valence-electron chi connectivity index (χ2n) is 1.97. The van der Waals surface area contributed by atoms with Crippen LogP contribution in [0.5, 0.6) is 0 Å². The van der Waals surface area contributed by atoms with Crippen molar-refractivity contribution in [3.05, 3.63) is 30.1 Å². The fourth-order valence-corrected chi connectivity index (χ4v) is 1.11. The second kappa shape index (κ2) is 5.85. The smallest absolute Gasteiger partial charge is 0.151 e. The fraction of sp³-hybridized carbons (Fsp3) is 0.143. The minimum Gasteiger partial charge on any atom is -0.379 e. The van der Waals surface area contributed by atoms with Crippen molar-refractivity contribution in [3.8, 4) is 0 Å². The van der Waals surface area contributed by atoms with Gasteiger partial charge >= 0.3 is 0 Å². The van der Waals surface area contributed by atoms with Crippen LogP contribution in [0.3, 0.4) is 0 Å². The number of nitrogens with zero attached hydrogens (tertiary/aromatic N) is 1. The number of hydrogen-bond donors (Lipinski definition) is 2. The van der Waals surface area contributed by atoms with E-state index in [1.165, 1.54) is 11.8 Å². The minimum absolute atomic E-state index is 0. The summed E-state index contributed by atoms with van der Waals surface area (Å²) in [6.45, 7) is 0. The number of aromatic nitrogens is 1. The average Bonchev–Trinajstić information content (AvgIpc) is 2.03. The number of nitrogens with one attached hydrogen (secondary N) is 1. The molecule has 66 valence electrons. The summed E-state index contributed by atoms with van der Waals surface area (Å²) in [5.74, 6) is 0.677. The van der Waals surface area contributed by atoms with Crippen molar-refractivity contribution in [2.45, 2.75) is 5.75 Å². The van der Waals surface area contributed by atoms with Gasteiger partial charge in [0.15, 0.2) is 5.17 Å². The van der Waals surface area contributed by atoms with E-state index in [0.717, 1.165) is 5.69 Å². The van der Waals surface area contributed by atoms with E-state index in [9.17, 15) is 0 Å². The highest BCUT2D eigenvalue weighted by molar-refractivity contribution is 8.13. The molecule has 0 aliphatic carbocycles. The molecular formula is C7H10ClN3S. The summed E-state index contributed by atoms with van der Waals surface area (Å²) in [5.41, 5.74) is 6.11. The Bertz CT molecular complexity index is 240. The van der Waals surface area contributed by atoms with Crippen molar-refractivity contribution in [2.24, 2.45) is 5.73 Å². The molecule has 0 saturated heterocycles. The van der Waals surface area contributed by atoms with Crippen molar-refractivity contribution >= 4 is 29.3 Å². The summed E-state index contributed by atoms with van der Waals surface area (Å²) in [4.78, 5) is 4.08. The van der Waals surface area contributed by atoms with Crippen LogP contribution >= 0.6 is 24.2 Å². The molecule has 0 bridgehead atoms. The van der Waals surface area contributed by atoms with Crippen molar-refractivity contribution in [1.29, 1.82) is 5.41 Å². The molecule has 0 radical (unpaired) electrons. The van der Waals surface area contributed by atoms with Crippen LogP contribution in [0.25, 0.3) is 0 Å². The molecule has 0 unspecified atom stereocenters. The van der Waals surface area contributed by atoms with Crippen LogP contribution in [0.15, 0.2) is 24.4 Å². The molecule has 3 nitrogen and oxygen atoms in total. The average molecular weight is 204 g/mol. The molecule has 0 spiro atoms. The molecule has 0 aromatic carbocycles. The summed E-state index contributed by atoms with van der Waals surface area (Å²) in [7, 11) is 0. The van der Waals surface area contributed by atoms with E-state index >= 15 is 0 Å². The van der Waals surface area contributed by atoms with E-state index in [0.29, 0.717) is 5.75 Å². The van der Waals surface area contributed by atoms with Gasteiger partial charge in [0.05, 0.1) is 5.69 Å². The highest BCUT2D eigenvalue weighted by Crippen LogP contribution is 2.07. The van der Waals surface area contributed by atoms with Crippen molar-refractivity contribution < 1.29 is 0 Å². The van der Waals surface area contributed by atoms with Crippen LogP contribution in [0.1, 0.15) is 5.69 Å². The minimum atomic E-state index is 0. The van der Waals surface area contributed by atoms with E-state index in [1.54, 1.807) is 6.20 Å². The first-order valence-electron chi connectivity index (χ1n) is 3.16. The predicted octanol–water partition coefficient (Wildman–Crippen LogP) is 1.63. The van der Waals surface area contributed by atoms with Gasteiger partial charge in [-0.3, -0.25) is 10.4 Å². The predicted molar refractivity (Wildman–Crippen MR) is 54.7 cm³/mol. The van der Waals surface area contributed by atoms with E-state index in [-0.39, 0.29) is 17.6 Å². The number of pyridine rings is 1. The molecule has 0 saturated carbocycles. The molecule has 1 heterocycles. The zero-order valence-corrected chi connectivity index (χ0v) is 7.99. The number of rotatable bonds is 2. The van der Waals surface area contributed by atoms with E-state index < -0.39 is 0 Å². The largest absolute Gasteiger partial charge is 0.379 e. The summed E-state index contributed by atoms with van der Waals surface area (Å²) < 4.78 is 0. The SMILES string of the molecule is Cl.N=C(N)SCc1ccccn1. The number of nitrogens with two attached hydrogens (primary N) is 1. The standard InChI is InChI=1S/C7H9N3S.ClH/c8-7(9)11-5-6-3-1-2-4-10-6;/h1-4H,5H2,(H3,8,9);1H. The third-order valence-electron chi connectivity index (χ3n) is 1.10. The maximum absolute atomic E-state index is 6.96. The van der Waals surface area contributed by atoms with Gasteiger partial charge in [-0.15, -0.1) is 12.4 Å². The first-order chi connectivity index (χ1) is 5.29. The third-order valence-corrected chi connectivity index (χ3v) is 1.85. The van der Waals surface area contributed by atoms with Gasteiger partial charge in [-0.25, -0.2) is 0 Å². The lowest BCUT2D eigenvalue weighted by Crippen LogP contribution is -2.04. The third kappa shape index (κ3) is 4.20. The lowest BCUT2D eigenvalue weighted by atomic mass is 10.4. The molecule has 1 aromatic heterocycles. The lowest BCUT2D eigenvalue weighted by Gasteiger charge is -1.96. The molecule has 0 aliphatic rings. The highest BCUT2D eigenvalue weighted by Gasteiger charge is 1.93. The van der Waals surface area contributed by atoms with Crippen LogP contribution in [0.4, 0.5) is 0 Å². The van der Waals surface area contributed by atoms with Crippen LogP contribution in [-0.4, -0.2) is 10.2 Å². The summed E-state index contributed by atoms with van der Waals surface area (Å²) in [6.07, 6.45) is 1.73. The highest BCUT2D eigenvalue weighted by atomic mass is 35.5. The number of thioether (sulfide) groups is 1. The summed E-state index contributed by atoms with van der Waals surface area (Å²) in [6, 6.07) is 5.70. The molecule has 0 amide bonds. The Morgan fingerprint density at radius 2 is 2.33 bits per heavy atom. The van der Waals surface area contributed by atoms with Crippen LogP contribution in [-0.2, 0) is 5.75 Å². The molecular weight excluding hydrogens is 194 g/mol. The van der Waals surface area contributed by atoms with Crippen LogP contribution < -0.4 is 5.73 Å². The van der Waals surface area contributed by atoms with Gasteiger partial charge in [0.1, 0.15) is 0 Å². The first kappa shape index (κ1) is 11.3. The second-order valence-corrected chi connectivity index (χ2v) is 2.99. The zero-order chi connectivity index (χ0) is 8.10. The van der Waals surface area contributed by atoms with Gasteiger partial charge in [-0.1, -0.05) is 17.8 Å². The normalized spacial score (nSPS) is 8.67. The zero-order valence-electron chi connectivity index (χ0n) is 6.36. The Hall–Kier alpha value is -0.740. The van der Waals surface area contributed by atoms with Gasteiger partial charge in [-0.05, 0) is 12.1 Å². The number of amidine groups is 1.